The first-order valence-electron chi connectivity index (χ1n) is 13.3. The number of amides is 2. The van der Waals surface area contributed by atoms with Gasteiger partial charge in [-0.1, -0.05) is 67.9 Å². The molecule has 0 bridgehead atoms. The first-order valence-corrected chi connectivity index (χ1v) is 14.7. The summed E-state index contributed by atoms with van der Waals surface area (Å²) < 4.78 is 34.5. The Bertz CT molecular complexity index is 1420. The third-order valence-corrected chi connectivity index (χ3v) is 8.47. The Kier molecular flexibility index (Phi) is 10.3. The predicted octanol–water partition coefficient (Wildman–Crippen LogP) is 4.70. The monoisotopic (exact) mass is 565 g/mol. The van der Waals surface area contributed by atoms with Gasteiger partial charge in [0.15, 0.2) is 0 Å². The van der Waals surface area contributed by atoms with Gasteiger partial charge in [0.25, 0.3) is 10.0 Å². The van der Waals surface area contributed by atoms with Gasteiger partial charge in [0.05, 0.1) is 17.7 Å². The molecule has 1 atom stereocenters. The Morgan fingerprint density at radius 2 is 1.52 bits per heavy atom. The van der Waals surface area contributed by atoms with Gasteiger partial charge in [0.1, 0.15) is 18.3 Å². The molecule has 0 saturated heterocycles. The van der Waals surface area contributed by atoms with E-state index >= 15 is 0 Å². The predicted molar refractivity (Wildman–Crippen MR) is 158 cm³/mol. The lowest BCUT2D eigenvalue weighted by Gasteiger charge is -2.32. The molecule has 9 heteroatoms. The lowest BCUT2D eigenvalue weighted by Crippen LogP contribution is -2.51. The summed E-state index contributed by atoms with van der Waals surface area (Å²) in [5, 5.41) is 2.90. The summed E-state index contributed by atoms with van der Waals surface area (Å²) in [4.78, 5) is 28.7. The van der Waals surface area contributed by atoms with Crippen molar-refractivity contribution in [3.05, 3.63) is 89.5 Å². The number of nitrogens with one attached hydrogen (secondary N) is 1. The summed E-state index contributed by atoms with van der Waals surface area (Å²) >= 11 is 0. The Morgan fingerprint density at radius 1 is 0.900 bits per heavy atom. The number of anilines is 1. The summed E-state index contributed by atoms with van der Waals surface area (Å²) in [7, 11) is -2.73. The van der Waals surface area contributed by atoms with Crippen LogP contribution < -0.4 is 14.4 Å². The van der Waals surface area contributed by atoms with Gasteiger partial charge >= 0.3 is 0 Å². The molecule has 214 valence electrons. The molecule has 0 fully saturated rings. The average Bonchev–Trinajstić information content (AvgIpc) is 2.93. The van der Waals surface area contributed by atoms with Gasteiger partial charge < -0.3 is 15.0 Å². The zero-order valence-electron chi connectivity index (χ0n) is 24.0. The average molecular weight is 566 g/mol. The van der Waals surface area contributed by atoms with Crippen molar-refractivity contribution in [2.45, 2.75) is 52.1 Å². The van der Waals surface area contributed by atoms with E-state index in [4.69, 9.17) is 4.74 Å². The van der Waals surface area contributed by atoms with Crippen LogP contribution in [-0.2, 0) is 26.2 Å². The Labute approximate surface area is 238 Å². The van der Waals surface area contributed by atoms with E-state index in [-0.39, 0.29) is 29.0 Å². The van der Waals surface area contributed by atoms with Gasteiger partial charge in [0, 0.05) is 13.1 Å². The molecule has 0 aliphatic rings. The number of para-hydroxylation sites is 2. The van der Waals surface area contributed by atoms with Crippen LogP contribution in [0.25, 0.3) is 0 Å². The van der Waals surface area contributed by atoms with Crippen LogP contribution in [0.1, 0.15) is 37.5 Å². The molecular formula is C31H39N3O5S. The van der Waals surface area contributed by atoms with Crippen molar-refractivity contribution in [1.82, 2.24) is 10.2 Å². The van der Waals surface area contributed by atoms with Crippen molar-refractivity contribution in [2.24, 2.45) is 5.92 Å². The Morgan fingerprint density at radius 3 is 2.15 bits per heavy atom. The van der Waals surface area contributed by atoms with Crippen LogP contribution in [0.2, 0.25) is 0 Å². The summed E-state index contributed by atoms with van der Waals surface area (Å²) in [5.74, 6) is -0.283. The van der Waals surface area contributed by atoms with Crippen LogP contribution in [0.5, 0.6) is 5.75 Å². The molecule has 3 rings (SSSR count). The normalized spacial score (nSPS) is 12.1. The molecule has 3 aromatic carbocycles. The standard InChI is InChI=1S/C31H39N3O5S/c1-22(2)19-32-31(36)25(5)33(20-26-12-8-7-11-24(26)4)30(35)21-34(28-13-9-10-14-29(28)39-6)40(37,38)27-17-15-23(3)16-18-27/h7-18,22,25H,19-21H2,1-6H3,(H,32,36). The lowest BCUT2D eigenvalue weighted by atomic mass is 10.1. The fourth-order valence-corrected chi connectivity index (χ4v) is 5.62. The number of aryl methyl sites for hydroxylation is 2. The van der Waals surface area contributed by atoms with Crippen LogP contribution >= 0.6 is 0 Å². The lowest BCUT2D eigenvalue weighted by molar-refractivity contribution is -0.139. The maximum Gasteiger partial charge on any atom is 0.264 e. The number of carbonyl (C=O) groups is 2. The molecule has 40 heavy (non-hydrogen) atoms. The fraction of sp³-hybridized carbons (Fsp3) is 0.355. The highest BCUT2D eigenvalue weighted by Crippen LogP contribution is 2.32. The van der Waals surface area contributed by atoms with E-state index < -0.39 is 28.5 Å². The number of hydrogen-bond acceptors (Lipinski definition) is 5. The van der Waals surface area contributed by atoms with E-state index in [1.54, 1.807) is 43.3 Å². The van der Waals surface area contributed by atoms with Crippen LogP contribution in [0.3, 0.4) is 0 Å². The zero-order valence-corrected chi connectivity index (χ0v) is 24.9. The van der Waals surface area contributed by atoms with Crippen LogP contribution in [0.15, 0.2) is 77.7 Å². The minimum Gasteiger partial charge on any atom is -0.495 e. The van der Waals surface area contributed by atoms with Gasteiger partial charge in [-0.25, -0.2) is 8.42 Å². The number of sulfonamides is 1. The molecule has 0 aromatic heterocycles. The molecule has 0 radical (unpaired) electrons. The largest absolute Gasteiger partial charge is 0.495 e. The number of carbonyl (C=O) groups excluding carboxylic acids is 2. The van der Waals surface area contributed by atoms with Crippen LogP contribution in [0.4, 0.5) is 5.69 Å². The number of ether oxygens (including phenoxy) is 1. The van der Waals surface area contributed by atoms with Gasteiger partial charge in [0.2, 0.25) is 11.8 Å². The molecule has 3 aromatic rings. The Balaban J connectivity index is 2.06. The van der Waals surface area contributed by atoms with E-state index in [0.29, 0.717) is 12.3 Å². The van der Waals surface area contributed by atoms with E-state index in [0.717, 1.165) is 21.0 Å². The summed E-state index contributed by atoms with van der Waals surface area (Å²) in [6, 6.07) is 19.9. The molecule has 0 heterocycles. The SMILES string of the molecule is COc1ccccc1N(CC(=O)N(Cc1ccccc1C)C(C)C(=O)NCC(C)C)S(=O)(=O)c1ccc(C)cc1. The third-order valence-electron chi connectivity index (χ3n) is 6.70. The second-order valence-corrected chi connectivity index (χ2v) is 12.1. The van der Waals surface area contributed by atoms with E-state index in [1.807, 2.05) is 52.0 Å². The molecule has 1 N–H and O–H groups in total. The second kappa shape index (κ2) is 13.5. The topological polar surface area (TPSA) is 96.0 Å². The smallest absolute Gasteiger partial charge is 0.264 e. The van der Waals surface area contributed by atoms with Crippen LogP contribution in [0, 0.1) is 19.8 Å². The van der Waals surface area contributed by atoms with Gasteiger partial charge in [-0.3, -0.25) is 13.9 Å². The zero-order chi connectivity index (χ0) is 29.4. The molecule has 2 amide bonds. The van der Waals surface area contributed by atoms with Gasteiger partial charge in [-0.05, 0) is 62.1 Å². The number of benzene rings is 3. The molecular weight excluding hydrogens is 526 g/mol. The molecule has 1 unspecified atom stereocenters. The maximum absolute atomic E-state index is 14.1. The van der Waals surface area contributed by atoms with Crippen molar-refractivity contribution < 1.29 is 22.7 Å². The van der Waals surface area contributed by atoms with E-state index in [9.17, 15) is 18.0 Å². The molecule has 0 aliphatic heterocycles. The highest BCUT2D eigenvalue weighted by Gasteiger charge is 2.33. The van der Waals surface area contributed by atoms with E-state index in [1.165, 1.54) is 24.1 Å². The maximum atomic E-state index is 14.1. The minimum absolute atomic E-state index is 0.0463. The Hall–Kier alpha value is -3.85. The summed E-state index contributed by atoms with van der Waals surface area (Å²) in [6.07, 6.45) is 0. The van der Waals surface area contributed by atoms with Gasteiger partial charge in [-0.15, -0.1) is 0 Å². The molecule has 0 saturated carbocycles. The number of methoxy groups -OCH3 is 1. The van der Waals surface area contributed by atoms with Gasteiger partial charge in [-0.2, -0.15) is 0 Å². The minimum atomic E-state index is -4.18. The quantitative estimate of drug-likeness (QED) is 0.344. The van der Waals surface area contributed by atoms with Crippen LogP contribution in [-0.4, -0.2) is 51.4 Å². The van der Waals surface area contributed by atoms with Crippen molar-refractivity contribution >= 4 is 27.5 Å². The third kappa shape index (κ3) is 7.41. The van der Waals surface area contributed by atoms with Crippen molar-refractivity contribution in [3.63, 3.8) is 0 Å². The summed E-state index contributed by atoms with van der Waals surface area (Å²) in [6.45, 7) is 9.52. The summed E-state index contributed by atoms with van der Waals surface area (Å²) in [5.41, 5.74) is 2.96. The molecule has 0 aliphatic carbocycles. The number of hydrogen-bond donors (Lipinski definition) is 1. The second-order valence-electron chi connectivity index (χ2n) is 10.3. The molecule has 0 spiro atoms. The van der Waals surface area contributed by atoms with E-state index in [2.05, 4.69) is 5.32 Å². The number of rotatable bonds is 12. The van der Waals surface area contributed by atoms with Crippen molar-refractivity contribution in [1.29, 1.82) is 0 Å². The van der Waals surface area contributed by atoms with Crippen molar-refractivity contribution in [2.75, 3.05) is 24.5 Å². The molecule has 8 nitrogen and oxygen atoms in total. The highest BCUT2D eigenvalue weighted by atomic mass is 32.2. The number of nitrogens with zero attached hydrogens (tertiary/aromatic N) is 2. The fourth-order valence-electron chi connectivity index (χ4n) is 4.19. The first-order chi connectivity index (χ1) is 18.9. The first kappa shape index (κ1) is 30.7. The highest BCUT2D eigenvalue weighted by molar-refractivity contribution is 7.92. The van der Waals surface area contributed by atoms with Crippen molar-refractivity contribution in [3.8, 4) is 5.75 Å².